The standard InChI is InChI=1S/C14H14O2/c1-5-11-6-8-12(9-7-11)13-10(2)15-14(3,4)16-13/h1,6-9H,2-4H3. The second-order valence-corrected chi connectivity index (χ2v) is 4.21. The molecule has 2 heteroatoms. The third-order valence-corrected chi connectivity index (χ3v) is 2.38. The zero-order chi connectivity index (χ0) is 11.8. The van der Waals surface area contributed by atoms with Crippen LogP contribution in [-0.4, -0.2) is 5.79 Å². The summed E-state index contributed by atoms with van der Waals surface area (Å²) >= 11 is 0. The Morgan fingerprint density at radius 1 is 1.12 bits per heavy atom. The van der Waals surface area contributed by atoms with Crippen molar-refractivity contribution >= 4 is 5.76 Å². The lowest BCUT2D eigenvalue weighted by Gasteiger charge is -2.18. The van der Waals surface area contributed by atoms with Gasteiger partial charge in [0, 0.05) is 25.0 Å². The topological polar surface area (TPSA) is 18.5 Å². The van der Waals surface area contributed by atoms with Gasteiger partial charge in [0.2, 0.25) is 5.79 Å². The van der Waals surface area contributed by atoms with Crippen molar-refractivity contribution < 1.29 is 9.47 Å². The highest BCUT2D eigenvalue weighted by molar-refractivity contribution is 5.63. The van der Waals surface area contributed by atoms with E-state index in [2.05, 4.69) is 5.92 Å². The van der Waals surface area contributed by atoms with Gasteiger partial charge in [-0.1, -0.05) is 5.92 Å². The van der Waals surface area contributed by atoms with Gasteiger partial charge >= 0.3 is 0 Å². The van der Waals surface area contributed by atoms with Gasteiger partial charge in [-0.05, 0) is 31.2 Å². The number of ether oxygens (including phenoxy) is 2. The Morgan fingerprint density at radius 2 is 1.75 bits per heavy atom. The molecule has 0 N–H and O–H groups in total. The Labute approximate surface area is 95.9 Å². The van der Waals surface area contributed by atoms with Gasteiger partial charge in [0.25, 0.3) is 0 Å². The van der Waals surface area contributed by atoms with Gasteiger partial charge in [0.05, 0.1) is 0 Å². The molecule has 1 aromatic carbocycles. The maximum atomic E-state index is 5.73. The number of hydrogen-bond acceptors (Lipinski definition) is 2. The second kappa shape index (κ2) is 3.61. The third kappa shape index (κ3) is 1.90. The molecule has 1 aliphatic heterocycles. The van der Waals surface area contributed by atoms with Crippen molar-refractivity contribution in [3.8, 4) is 12.3 Å². The summed E-state index contributed by atoms with van der Waals surface area (Å²) in [5.41, 5.74) is 1.85. The van der Waals surface area contributed by atoms with E-state index < -0.39 is 5.79 Å². The highest BCUT2D eigenvalue weighted by Crippen LogP contribution is 2.35. The average Bonchev–Trinajstić information content (AvgIpc) is 2.52. The molecule has 82 valence electrons. The van der Waals surface area contributed by atoms with Gasteiger partial charge in [0.1, 0.15) is 5.76 Å². The lowest BCUT2D eigenvalue weighted by molar-refractivity contribution is -0.109. The minimum atomic E-state index is -0.579. The summed E-state index contributed by atoms with van der Waals surface area (Å²) in [7, 11) is 0. The van der Waals surface area contributed by atoms with Crippen LogP contribution in [-0.2, 0) is 9.47 Å². The highest BCUT2D eigenvalue weighted by Gasteiger charge is 2.32. The first-order valence-electron chi connectivity index (χ1n) is 5.18. The van der Waals surface area contributed by atoms with Gasteiger partial charge in [-0.3, -0.25) is 0 Å². The van der Waals surface area contributed by atoms with Crippen molar-refractivity contribution in [3.05, 3.63) is 41.2 Å². The molecular weight excluding hydrogens is 200 g/mol. The van der Waals surface area contributed by atoms with E-state index in [4.69, 9.17) is 15.9 Å². The van der Waals surface area contributed by atoms with E-state index in [9.17, 15) is 0 Å². The zero-order valence-corrected chi connectivity index (χ0v) is 9.70. The van der Waals surface area contributed by atoms with Crippen molar-refractivity contribution in [2.75, 3.05) is 0 Å². The van der Waals surface area contributed by atoms with E-state index in [-0.39, 0.29) is 0 Å². The van der Waals surface area contributed by atoms with Crippen LogP contribution in [0, 0.1) is 12.3 Å². The number of terminal acetylenes is 1. The fourth-order valence-electron chi connectivity index (χ4n) is 1.73. The molecule has 2 nitrogen and oxygen atoms in total. The molecule has 0 amide bonds. The normalized spacial score (nSPS) is 17.6. The van der Waals surface area contributed by atoms with Crippen molar-refractivity contribution in [1.82, 2.24) is 0 Å². The quantitative estimate of drug-likeness (QED) is 0.669. The largest absolute Gasteiger partial charge is 0.454 e. The molecule has 1 aliphatic rings. The maximum Gasteiger partial charge on any atom is 0.245 e. The van der Waals surface area contributed by atoms with E-state index in [0.717, 1.165) is 22.6 Å². The highest BCUT2D eigenvalue weighted by atomic mass is 16.7. The molecule has 0 aliphatic carbocycles. The SMILES string of the molecule is C#Cc1ccc(C2=C(C)OC(C)(C)O2)cc1. The zero-order valence-electron chi connectivity index (χ0n) is 9.70. The lowest BCUT2D eigenvalue weighted by Crippen LogP contribution is -2.20. The van der Waals surface area contributed by atoms with Crippen LogP contribution in [0.25, 0.3) is 5.76 Å². The lowest BCUT2D eigenvalue weighted by atomic mass is 10.1. The minimum Gasteiger partial charge on any atom is -0.454 e. The fourth-order valence-corrected chi connectivity index (χ4v) is 1.73. The maximum absolute atomic E-state index is 5.73. The summed E-state index contributed by atoms with van der Waals surface area (Å²) in [6, 6.07) is 7.67. The number of rotatable bonds is 1. The van der Waals surface area contributed by atoms with Crippen LogP contribution < -0.4 is 0 Å². The van der Waals surface area contributed by atoms with Gasteiger partial charge in [-0.15, -0.1) is 6.42 Å². The Morgan fingerprint density at radius 3 is 2.19 bits per heavy atom. The van der Waals surface area contributed by atoms with Crippen LogP contribution in [0.15, 0.2) is 30.0 Å². The molecule has 0 saturated carbocycles. The number of allylic oxidation sites excluding steroid dienone is 1. The van der Waals surface area contributed by atoms with Crippen molar-refractivity contribution in [3.63, 3.8) is 0 Å². The molecule has 16 heavy (non-hydrogen) atoms. The van der Waals surface area contributed by atoms with Crippen LogP contribution in [0.4, 0.5) is 0 Å². The smallest absolute Gasteiger partial charge is 0.245 e. The van der Waals surface area contributed by atoms with Crippen LogP contribution in [0.3, 0.4) is 0 Å². The van der Waals surface area contributed by atoms with Crippen molar-refractivity contribution in [2.45, 2.75) is 26.6 Å². The summed E-state index contributed by atoms with van der Waals surface area (Å²) in [6.07, 6.45) is 5.31. The summed E-state index contributed by atoms with van der Waals surface area (Å²) in [5.74, 6) is 3.59. The Kier molecular flexibility index (Phi) is 2.40. The Balaban J connectivity index is 2.32. The molecule has 0 unspecified atom stereocenters. The molecule has 0 atom stereocenters. The molecule has 0 aromatic heterocycles. The molecular formula is C14H14O2. The summed E-state index contributed by atoms with van der Waals surface area (Å²) in [6.45, 7) is 5.68. The fraction of sp³-hybridized carbons (Fsp3) is 0.286. The molecule has 0 bridgehead atoms. The van der Waals surface area contributed by atoms with Crippen LogP contribution >= 0.6 is 0 Å². The van der Waals surface area contributed by atoms with Crippen LogP contribution in [0.2, 0.25) is 0 Å². The van der Waals surface area contributed by atoms with Crippen LogP contribution in [0.1, 0.15) is 31.9 Å². The number of hydrogen-bond donors (Lipinski definition) is 0. The van der Waals surface area contributed by atoms with E-state index in [1.807, 2.05) is 45.0 Å². The van der Waals surface area contributed by atoms with Gasteiger partial charge < -0.3 is 9.47 Å². The summed E-state index contributed by atoms with van der Waals surface area (Å²) in [4.78, 5) is 0. The average molecular weight is 214 g/mol. The molecule has 0 spiro atoms. The molecule has 0 fully saturated rings. The summed E-state index contributed by atoms with van der Waals surface area (Å²) in [5, 5.41) is 0. The van der Waals surface area contributed by atoms with E-state index >= 15 is 0 Å². The third-order valence-electron chi connectivity index (χ3n) is 2.38. The predicted molar refractivity (Wildman–Crippen MR) is 63.2 cm³/mol. The number of benzene rings is 1. The molecule has 0 radical (unpaired) electrons. The molecule has 2 rings (SSSR count). The van der Waals surface area contributed by atoms with Gasteiger partial charge in [-0.25, -0.2) is 0 Å². The van der Waals surface area contributed by atoms with E-state index in [1.165, 1.54) is 0 Å². The van der Waals surface area contributed by atoms with Crippen molar-refractivity contribution in [1.29, 1.82) is 0 Å². The monoisotopic (exact) mass is 214 g/mol. The van der Waals surface area contributed by atoms with Gasteiger partial charge in [0.15, 0.2) is 5.76 Å². The molecule has 1 heterocycles. The second-order valence-electron chi connectivity index (χ2n) is 4.21. The first-order valence-corrected chi connectivity index (χ1v) is 5.18. The molecule has 1 aromatic rings. The Hall–Kier alpha value is -1.88. The predicted octanol–water partition coefficient (Wildman–Crippen LogP) is 3.14. The van der Waals surface area contributed by atoms with E-state index in [0.29, 0.717) is 0 Å². The van der Waals surface area contributed by atoms with Crippen LogP contribution in [0.5, 0.6) is 0 Å². The van der Waals surface area contributed by atoms with Crippen molar-refractivity contribution in [2.24, 2.45) is 0 Å². The minimum absolute atomic E-state index is 0.579. The molecule has 0 saturated heterocycles. The van der Waals surface area contributed by atoms with Gasteiger partial charge in [-0.2, -0.15) is 0 Å². The summed E-state index contributed by atoms with van der Waals surface area (Å²) < 4.78 is 11.3. The van der Waals surface area contributed by atoms with E-state index in [1.54, 1.807) is 0 Å². The first-order chi connectivity index (χ1) is 7.52. The Bertz CT molecular complexity index is 472. The first kappa shape index (κ1) is 10.6.